The highest BCUT2D eigenvalue weighted by Gasteiger charge is 2.56. The van der Waals surface area contributed by atoms with Crippen molar-refractivity contribution < 1.29 is 26.3 Å². The lowest BCUT2D eigenvalue weighted by Crippen LogP contribution is -2.36. The quantitative estimate of drug-likeness (QED) is 0.477. The molecule has 0 radical (unpaired) electrons. The first-order valence-corrected chi connectivity index (χ1v) is 3.82. The molecule has 0 aliphatic rings. The van der Waals surface area contributed by atoms with E-state index in [0.29, 0.717) is 0 Å². The second-order valence-electron chi connectivity index (χ2n) is 2.70. The highest BCUT2D eigenvalue weighted by atomic mass is 19.4. The van der Waals surface area contributed by atoms with E-state index in [9.17, 15) is 26.3 Å². The van der Waals surface area contributed by atoms with Gasteiger partial charge in [-0.1, -0.05) is 6.42 Å². The van der Waals surface area contributed by atoms with Gasteiger partial charge in [-0.05, 0) is 12.8 Å². The van der Waals surface area contributed by atoms with Crippen LogP contribution in [0.5, 0.6) is 0 Å². The van der Waals surface area contributed by atoms with Gasteiger partial charge in [-0.25, -0.2) is 0 Å². The summed E-state index contributed by atoms with van der Waals surface area (Å²) < 4.78 is 70.3. The molecule has 80 valence electrons. The summed E-state index contributed by atoms with van der Waals surface area (Å²) in [6.45, 7) is -0.683. The number of unbranched alkanes of at least 4 members (excludes halogenated alkanes) is 2. The first-order chi connectivity index (χ1) is 5.81. The van der Waals surface area contributed by atoms with E-state index in [1.165, 1.54) is 0 Å². The van der Waals surface area contributed by atoms with E-state index in [1.807, 2.05) is 0 Å². The van der Waals surface area contributed by atoms with Crippen LogP contribution in [0.3, 0.4) is 0 Å². The highest BCUT2D eigenvalue weighted by molar-refractivity contribution is 4.75. The van der Waals surface area contributed by atoms with Crippen LogP contribution < -0.4 is 0 Å². The minimum Gasteiger partial charge on any atom is -0.251 e. The molecular weight excluding hydrogens is 198 g/mol. The van der Waals surface area contributed by atoms with Gasteiger partial charge < -0.3 is 0 Å². The van der Waals surface area contributed by atoms with E-state index in [1.54, 1.807) is 0 Å². The molecule has 0 aromatic rings. The Balaban J connectivity index is 3.77. The number of alkyl halides is 6. The minimum atomic E-state index is -5.48. The van der Waals surface area contributed by atoms with Crippen LogP contribution in [0.1, 0.15) is 25.7 Å². The zero-order valence-corrected chi connectivity index (χ0v) is 6.80. The fraction of sp³-hybridized carbons (Fsp3) is 1.00. The summed E-state index contributed by atoms with van der Waals surface area (Å²) >= 11 is 0. The summed E-state index contributed by atoms with van der Waals surface area (Å²) in [7, 11) is 0. The predicted octanol–water partition coefficient (Wildman–Crippen LogP) is 3.71. The first kappa shape index (κ1) is 12.6. The molecule has 13 heavy (non-hydrogen) atoms. The molecule has 0 rings (SSSR count). The lowest BCUT2D eigenvalue weighted by atomic mass is 10.1. The third-order valence-electron chi connectivity index (χ3n) is 1.54. The van der Waals surface area contributed by atoms with Crippen LogP contribution in [0.25, 0.3) is 0 Å². The van der Waals surface area contributed by atoms with E-state index in [0.717, 1.165) is 0 Å². The van der Waals surface area contributed by atoms with Gasteiger partial charge in [-0.15, -0.1) is 0 Å². The Hall–Kier alpha value is -0.420. The molecule has 0 saturated heterocycles. The van der Waals surface area contributed by atoms with E-state index in [2.05, 4.69) is 0 Å². The van der Waals surface area contributed by atoms with Gasteiger partial charge in [0.1, 0.15) is 0 Å². The monoisotopic (exact) mass is 208 g/mol. The normalized spacial score (nSPS) is 13.4. The second-order valence-corrected chi connectivity index (χ2v) is 2.70. The lowest BCUT2D eigenvalue weighted by Gasteiger charge is -2.18. The van der Waals surface area contributed by atoms with Crippen molar-refractivity contribution >= 4 is 0 Å². The summed E-state index contributed by atoms with van der Waals surface area (Å²) in [6.07, 6.45) is -6.95. The van der Waals surface area contributed by atoms with Gasteiger partial charge in [-0.2, -0.15) is 22.0 Å². The van der Waals surface area contributed by atoms with Gasteiger partial charge in [0, 0.05) is 6.42 Å². The number of halogens is 6. The summed E-state index contributed by atoms with van der Waals surface area (Å²) in [4.78, 5) is 0. The van der Waals surface area contributed by atoms with Crippen LogP contribution >= 0.6 is 0 Å². The van der Waals surface area contributed by atoms with Crippen molar-refractivity contribution in [3.05, 3.63) is 0 Å². The van der Waals surface area contributed by atoms with Crippen LogP contribution in [-0.2, 0) is 0 Å². The number of hydrogen-bond donors (Lipinski definition) is 0. The molecule has 0 aromatic heterocycles. The zero-order valence-electron chi connectivity index (χ0n) is 6.80. The molecule has 6 heteroatoms. The van der Waals surface area contributed by atoms with Crippen molar-refractivity contribution in [2.24, 2.45) is 0 Å². The number of rotatable bonds is 5. The van der Waals surface area contributed by atoms with E-state index in [4.69, 9.17) is 0 Å². The molecule has 0 spiro atoms. The maximum atomic E-state index is 12.1. The molecular formula is C7H10F6. The smallest absolute Gasteiger partial charge is 0.251 e. The van der Waals surface area contributed by atoms with Crippen LogP contribution in [0.4, 0.5) is 26.3 Å². The maximum Gasteiger partial charge on any atom is 0.453 e. The molecule has 0 bridgehead atoms. The molecule has 0 aliphatic heterocycles. The van der Waals surface area contributed by atoms with Crippen molar-refractivity contribution in [2.45, 2.75) is 37.8 Å². The molecule has 0 amide bonds. The summed E-state index contributed by atoms with van der Waals surface area (Å²) in [6, 6.07) is 0. The Kier molecular flexibility index (Phi) is 4.56. The number of hydrogen-bond acceptors (Lipinski definition) is 0. The van der Waals surface area contributed by atoms with Crippen molar-refractivity contribution in [3.63, 3.8) is 0 Å². The average Bonchev–Trinajstić information content (AvgIpc) is 1.96. The van der Waals surface area contributed by atoms with E-state index < -0.39 is 25.2 Å². The fourth-order valence-corrected chi connectivity index (χ4v) is 0.760. The molecule has 0 fully saturated rings. The molecule has 0 N–H and O–H groups in total. The van der Waals surface area contributed by atoms with Gasteiger partial charge in [-0.3, -0.25) is 4.39 Å². The molecule has 0 atom stereocenters. The molecule has 0 saturated carbocycles. The van der Waals surface area contributed by atoms with Gasteiger partial charge in [0.15, 0.2) is 0 Å². The molecule has 0 heterocycles. The van der Waals surface area contributed by atoms with Crippen LogP contribution in [0.15, 0.2) is 0 Å². The Bertz CT molecular complexity index is 138. The molecule has 0 aliphatic carbocycles. The second kappa shape index (κ2) is 4.72. The maximum absolute atomic E-state index is 12.1. The fourth-order valence-electron chi connectivity index (χ4n) is 0.760. The van der Waals surface area contributed by atoms with Crippen molar-refractivity contribution in [1.82, 2.24) is 0 Å². The van der Waals surface area contributed by atoms with Crippen LogP contribution in [0, 0.1) is 0 Å². The lowest BCUT2D eigenvalue weighted by molar-refractivity contribution is -0.284. The van der Waals surface area contributed by atoms with Crippen LogP contribution in [-0.4, -0.2) is 18.8 Å². The van der Waals surface area contributed by atoms with Gasteiger partial charge in [0.25, 0.3) is 0 Å². The van der Waals surface area contributed by atoms with E-state index in [-0.39, 0.29) is 19.3 Å². The Morgan fingerprint density at radius 1 is 0.769 bits per heavy atom. The third-order valence-corrected chi connectivity index (χ3v) is 1.54. The summed E-state index contributed by atoms with van der Waals surface area (Å²) in [5.74, 6) is -4.64. The van der Waals surface area contributed by atoms with Gasteiger partial charge in [0.2, 0.25) is 0 Å². The SMILES string of the molecule is FCCCCCC(F)(F)C(F)(F)F. The van der Waals surface area contributed by atoms with Gasteiger partial charge in [0.05, 0.1) is 6.67 Å². The van der Waals surface area contributed by atoms with Crippen LogP contribution in [0.2, 0.25) is 0 Å². The Labute approximate surface area is 71.9 Å². The first-order valence-electron chi connectivity index (χ1n) is 3.82. The largest absolute Gasteiger partial charge is 0.453 e. The van der Waals surface area contributed by atoms with E-state index >= 15 is 0 Å². The summed E-state index contributed by atoms with van der Waals surface area (Å²) in [5.41, 5.74) is 0. The minimum absolute atomic E-state index is 0.0357. The molecule has 0 aromatic carbocycles. The summed E-state index contributed by atoms with van der Waals surface area (Å²) in [5, 5.41) is 0. The highest BCUT2D eigenvalue weighted by Crippen LogP contribution is 2.39. The van der Waals surface area contributed by atoms with Crippen molar-refractivity contribution in [3.8, 4) is 0 Å². The molecule has 0 nitrogen and oxygen atoms in total. The standard InChI is InChI=1S/C7H10F6/c8-5-3-1-2-4-6(9,10)7(11,12)13/h1-5H2. The Morgan fingerprint density at radius 3 is 1.69 bits per heavy atom. The van der Waals surface area contributed by atoms with Crippen molar-refractivity contribution in [1.29, 1.82) is 0 Å². The topological polar surface area (TPSA) is 0 Å². The zero-order chi connectivity index (χ0) is 10.5. The average molecular weight is 208 g/mol. The van der Waals surface area contributed by atoms with Gasteiger partial charge >= 0.3 is 12.1 Å². The predicted molar refractivity (Wildman–Crippen MR) is 35.4 cm³/mol. The molecule has 0 unspecified atom stereocenters. The van der Waals surface area contributed by atoms with Crippen molar-refractivity contribution in [2.75, 3.05) is 6.67 Å². The Morgan fingerprint density at radius 2 is 1.31 bits per heavy atom. The third kappa shape index (κ3) is 4.38.